The summed E-state index contributed by atoms with van der Waals surface area (Å²) in [5.74, 6) is 0.889. The molecule has 2 aromatic heterocycles. The molecule has 0 aromatic carbocycles. The average molecular weight is 233 g/mol. The maximum Gasteiger partial charge on any atom is 0.126 e. The Morgan fingerprint density at radius 1 is 1.31 bits per heavy atom. The highest BCUT2D eigenvalue weighted by molar-refractivity contribution is 7.09. The Morgan fingerprint density at radius 2 is 2.12 bits per heavy atom. The van der Waals surface area contributed by atoms with Crippen molar-refractivity contribution in [1.29, 1.82) is 0 Å². The van der Waals surface area contributed by atoms with E-state index in [1.54, 1.807) is 11.3 Å². The molecular formula is C12H15N3S. The number of pyridine rings is 1. The summed E-state index contributed by atoms with van der Waals surface area (Å²) < 4.78 is 0. The van der Waals surface area contributed by atoms with Crippen molar-refractivity contribution < 1.29 is 0 Å². The van der Waals surface area contributed by atoms with E-state index in [0.29, 0.717) is 0 Å². The molecule has 1 N–H and O–H groups in total. The van der Waals surface area contributed by atoms with Crippen molar-refractivity contribution in [3.63, 3.8) is 0 Å². The van der Waals surface area contributed by atoms with Crippen molar-refractivity contribution in [3.05, 3.63) is 40.5 Å². The molecule has 0 spiro atoms. The van der Waals surface area contributed by atoms with Crippen LogP contribution in [0.1, 0.15) is 24.5 Å². The Kier molecular flexibility index (Phi) is 2.92. The maximum atomic E-state index is 4.43. The van der Waals surface area contributed by atoms with Gasteiger partial charge >= 0.3 is 0 Å². The zero-order valence-electron chi connectivity index (χ0n) is 9.69. The van der Waals surface area contributed by atoms with E-state index in [2.05, 4.69) is 29.1 Å². The molecule has 0 amide bonds. The van der Waals surface area contributed by atoms with Crippen molar-refractivity contribution in [1.82, 2.24) is 9.97 Å². The van der Waals surface area contributed by atoms with Crippen molar-refractivity contribution in [2.45, 2.75) is 26.3 Å². The lowest BCUT2D eigenvalue weighted by Crippen LogP contribution is -2.28. The second kappa shape index (κ2) is 4.22. The van der Waals surface area contributed by atoms with Gasteiger partial charge in [-0.2, -0.15) is 0 Å². The molecule has 16 heavy (non-hydrogen) atoms. The van der Waals surface area contributed by atoms with E-state index in [-0.39, 0.29) is 5.54 Å². The lowest BCUT2D eigenvalue weighted by atomic mass is 10.1. The van der Waals surface area contributed by atoms with E-state index >= 15 is 0 Å². The lowest BCUT2D eigenvalue weighted by Gasteiger charge is -2.24. The number of anilines is 1. The zero-order chi connectivity index (χ0) is 11.6. The molecule has 0 aliphatic heterocycles. The summed E-state index contributed by atoms with van der Waals surface area (Å²) in [5.41, 5.74) is 0.828. The van der Waals surface area contributed by atoms with Crippen LogP contribution in [0.25, 0.3) is 0 Å². The second-order valence-electron chi connectivity index (χ2n) is 4.25. The first-order valence-electron chi connectivity index (χ1n) is 5.20. The third-order valence-corrected chi connectivity index (χ3v) is 3.39. The molecule has 0 saturated heterocycles. The first-order chi connectivity index (χ1) is 7.58. The van der Waals surface area contributed by atoms with Gasteiger partial charge in [-0.3, -0.25) is 0 Å². The largest absolute Gasteiger partial charge is 0.359 e. The van der Waals surface area contributed by atoms with Crippen LogP contribution in [0, 0.1) is 6.92 Å². The first-order valence-corrected chi connectivity index (χ1v) is 6.08. The molecule has 0 saturated carbocycles. The molecule has 0 atom stereocenters. The van der Waals surface area contributed by atoms with Crippen LogP contribution in [0.3, 0.4) is 0 Å². The molecule has 0 aliphatic carbocycles. The molecule has 0 unspecified atom stereocenters. The summed E-state index contributed by atoms with van der Waals surface area (Å²) >= 11 is 1.65. The monoisotopic (exact) mass is 233 g/mol. The molecule has 2 heterocycles. The van der Waals surface area contributed by atoms with Crippen LogP contribution in [0.4, 0.5) is 5.82 Å². The van der Waals surface area contributed by atoms with Crippen LogP contribution in [0.15, 0.2) is 29.8 Å². The number of aryl methyl sites for hydroxylation is 1. The number of hydrogen-bond acceptors (Lipinski definition) is 4. The molecular weight excluding hydrogens is 218 g/mol. The maximum absolute atomic E-state index is 4.43. The molecule has 0 bridgehead atoms. The minimum Gasteiger partial charge on any atom is -0.359 e. The molecule has 0 fully saturated rings. The van der Waals surface area contributed by atoms with Crippen LogP contribution in [0.5, 0.6) is 0 Å². The molecule has 0 radical (unpaired) electrons. The van der Waals surface area contributed by atoms with E-state index in [0.717, 1.165) is 16.5 Å². The zero-order valence-corrected chi connectivity index (χ0v) is 10.5. The Labute approximate surface area is 99.6 Å². The molecule has 4 heteroatoms. The summed E-state index contributed by atoms with van der Waals surface area (Å²) in [5, 5.41) is 6.45. The van der Waals surface area contributed by atoms with Gasteiger partial charge < -0.3 is 5.32 Å². The van der Waals surface area contributed by atoms with Gasteiger partial charge in [0.15, 0.2) is 0 Å². The fourth-order valence-corrected chi connectivity index (χ4v) is 2.24. The van der Waals surface area contributed by atoms with Gasteiger partial charge in [0.25, 0.3) is 0 Å². The Balaban J connectivity index is 2.21. The highest BCUT2D eigenvalue weighted by atomic mass is 32.1. The van der Waals surface area contributed by atoms with Crippen LogP contribution in [0.2, 0.25) is 0 Å². The van der Waals surface area contributed by atoms with Gasteiger partial charge in [-0.25, -0.2) is 9.97 Å². The minimum atomic E-state index is -0.186. The molecule has 0 aliphatic rings. The fraction of sp³-hybridized carbons (Fsp3) is 0.333. The average Bonchev–Trinajstić information content (AvgIpc) is 2.69. The molecule has 2 rings (SSSR count). The van der Waals surface area contributed by atoms with Crippen molar-refractivity contribution in [2.24, 2.45) is 0 Å². The standard InChI is InChI=1S/C12H15N3S/c1-9-5-4-6-10(14-9)15-12(2,3)11-13-7-8-16-11/h4-8H,1-3H3,(H,14,15). The van der Waals surface area contributed by atoms with Crippen molar-refractivity contribution in [3.8, 4) is 0 Å². The topological polar surface area (TPSA) is 37.8 Å². The predicted octanol–water partition coefficient (Wildman–Crippen LogP) is 3.19. The van der Waals surface area contributed by atoms with E-state index < -0.39 is 0 Å². The summed E-state index contributed by atoms with van der Waals surface area (Å²) in [7, 11) is 0. The third-order valence-electron chi connectivity index (χ3n) is 2.30. The highest BCUT2D eigenvalue weighted by Crippen LogP contribution is 2.26. The summed E-state index contributed by atoms with van der Waals surface area (Å²) in [6.45, 7) is 6.20. The normalized spacial score (nSPS) is 11.4. The van der Waals surface area contributed by atoms with Gasteiger partial charge in [0, 0.05) is 17.3 Å². The SMILES string of the molecule is Cc1cccc(NC(C)(C)c2nccs2)n1. The fourth-order valence-electron chi connectivity index (χ4n) is 1.52. The van der Waals surface area contributed by atoms with Crippen molar-refractivity contribution >= 4 is 17.2 Å². The van der Waals surface area contributed by atoms with Gasteiger partial charge in [0.2, 0.25) is 0 Å². The Morgan fingerprint density at radius 3 is 2.75 bits per heavy atom. The molecule has 3 nitrogen and oxygen atoms in total. The van der Waals surface area contributed by atoms with Gasteiger partial charge in [-0.15, -0.1) is 11.3 Å². The quantitative estimate of drug-likeness (QED) is 0.884. The van der Waals surface area contributed by atoms with E-state index in [4.69, 9.17) is 0 Å². The van der Waals surface area contributed by atoms with Gasteiger partial charge in [-0.1, -0.05) is 6.07 Å². The molecule has 2 aromatic rings. The number of rotatable bonds is 3. The van der Waals surface area contributed by atoms with E-state index in [1.807, 2.05) is 36.7 Å². The van der Waals surface area contributed by atoms with Gasteiger partial charge in [-0.05, 0) is 32.9 Å². The summed E-state index contributed by atoms with van der Waals surface area (Å²) in [6, 6.07) is 5.96. The summed E-state index contributed by atoms with van der Waals surface area (Å²) in [6.07, 6.45) is 1.83. The second-order valence-corrected chi connectivity index (χ2v) is 5.15. The third kappa shape index (κ3) is 2.39. The number of nitrogens with zero attached hydrogens (tertiary/aromatic N) is 2. The lowest BCUT2D eigenvalue weighted by molar-refractivity contribution is 0.600. The Bertz CT molecular complexity index is 463. The first kappa shape index (κ1) is 11.1. The van der Waals surface area contributed by atoms with Crippen LogP contribution >= 0.6 is 11.3 Å². The highest BCUT2D eigenvalue weighted by Gasteiger charge is 2.23. The summed E-state index contributed by atoms with van der Waals surface area (Å²) in [4.78, 5) is 8.77. The minimum absolute atomic E-state index is 0.186. The number of hydrogen-bond donors (Lipinski definition) is 1. The molecule has 84 valence electrons. The predicted molar refractivity (Wildman–Crippen MR) is 67.7 cm³/mol. The number of thiazole rings is 1. The Hall–Kier alpha value is -1.42. The van der Waals surface area contributed by atoms with Gasteiger partial charge in [0.1, 0.15) is 10.8 Å². The van der Waals surface area contributed by atoms with Crippen LogP contribution < -0.4 is 5.32 Å². The van der Waals surface area contributed by atoms with Crippen molar-refractivity contribution in [2.75, 3.05) is 5.32 Å². The van der Waals surface area contributed by atoms with Crippen LogP contribution in [-0.2, 0) is 5.54 Å². The van der Waals surface area contributed by atoms with Gasteiger partial charge in [0.05, 0.1) is 5.54 Å². The number of aromatic nitrogens is 2. The van der Waals surface area contributed by atoms with E-state index in [9.17, 15) is 0 Å². The number of nitrogens with one attached hydrogen (secondary N) is 1. The van der Waals surface area contributed by atoms with E-state index in [1.165, 1.54) is 0 Å². The van der Waals surface area contributed by atoms with Crippen LogP contribution in [-0.4, -0.2) is 9.97 Å². The smallest absolute Gasteiger partial charge is 0.126 e.